The SMILES string of the molecule is CCc1nnnn1P=O. The first-order chi connectivity index (χ1) is 4.38. The molecule has 0 saturated heterocycles. The Labute approximate surface area is 53.3 Å². The highest BCUT2D eigenvalue weighted by molar-refractivity contribution is 7.21. The molecule has 0 aliphatic carbocycles. The molecular weight excluding hydrogens is 139 g/mol. The van der Waals surface area contributed by atoms with E-state index in [4.69, 9.17) is 0 Å². The van der Waals surface area contributed by atoms with Crippen molar-refractivity contribution in [1.29, 1.82) is 0 Å². The summed E-state index contributed by atoms with van der Waals surface area (Å²) in [5.41, 5.74) is 0. The van der Waals surface area contributed by atoms with E-state index in [0.717, 1.165) is 0 Å². The van der Waals surface area contributed by atoms with Crippen LogP contribution in [0.1, 0.15) is 12.7 Å². The smallest absolute Gasteiger partial charge is 0.247 e. The second-order valence-corrected chi connectivity index (χ2v) is 1.96. The second kappa shape index (κ2) is 2.64. The molecule has 0 amide bonds. The number of hydrogen-bond donors (Lipinski definition) is 0. The lowest BCUT2D eigenvalue weighted by molar-refractivity contribution is 0.587. The monoisotopic (exact) mass is 144 g/mol. The third-order valence-electron chi connectivity index (χ3n) is 0.909. The van der Waals surface area contributed by atoms with E-state index in [2.05, 4.69) is 15.5 Å². The minimum absolute atomic E-state index is 0.176. The fourth-order valence-electron chi connectivity index (χ4n) is 0.477. The average Bonchev–Trinajstić information content (AvgIpc) is 2.33. The summed E-state index contributed by atoms with van der Waals surface area (Å²) in [6.07, 6.45) is 0.697. The Morgan fingerprint density at radius 3 is 3.00 bits per heavy atom. The zero-order chi connectivity index (χ0) is 6.69. The Balaban J connectivity index is 2.98. The van der Waals surface area contributed by atoms with Gasteiger partial charge in [-0.25, -0.2) is 4.57 Å². The Morgan fingerprint density at radius 1 is 1.78 bits per heavy atom. The highest BCUT2D eigenvalue weighted by atomic mass is 31.1. The van der Waals surface area contributed by atoms with Crippen LogP contribution in [0, 0.1) is 0 Å². The summed E-state index contributed by atoms with van der Waals surface area (Å²) in [5.74, 6) is 0.631. The van der Waals surface area contributed by atoms with Crippen LogP contribution in [0.2, 0.25) is 0 Å². The van der Waals surface area contributed by atoms with Crippen LogP contribution >= 0.6 is 8.61 Å². The lowest BCUT2D eigenvalue weighted by Gasteiger charge is -1.84. The molecule has 0 N–H and O–H groups in total. The highest BCUT2D eigenvalue weighted by Gasteiger charge is 1.99. The summed E-state index contributed by atoms with van der Waals surface area (Å²) in [6, 6.07) is 0. The second-order valence-electron chi connectivity index (χ2n) is 1.42. The summed E-state index contributed by atoms with van der Waals surface area (Å²) in [4.78, 5) is 0. The van der Waals surface area contributed by atoms with Gasteiger partial charge in [0.25, 0.3) is 0 Å². The van der Waals surface area contributed by atoms with Gasteiger partial charge in [0.2, 0.25) is 0 Å². The summed E-state index contributed by atoms with van der Waals surface area (Å²) < 4.78 is 11.4. The molecule has 0 aliphatic heterocycles. The number of tetrazole rings is 1. The Hall–Kier alpha value is -0.830. The van der Waals surface area contributed by atoms with Gasteiger partial charge in [0, 0.05) is 6.42 Å². The quantitative estimate of drug-likeness (QED) is 0.559. The lowest BCUT2D eigenvalue weighted by atomic mass is 10.5. The molecule has 0 spiro atoms. The maximum atomic E-state index is 10.2. The van der Waals surface area contributed by atoms with Gasteiger partial charge in [0.1, 0.15) is 0 Å². The van der Waals surface area contributed by atoms with E-state index < -0.39 is 0 Å². The van der Waals surface area contributed by atoms with Gasteiger partial charge >= 0.3 is 8.61 Å². The molecule has 0 unspecified atom stereocenters. The molecule has 0 radical (unpaired) electrons. The fourth-order valence-corrected chi connectivity index (χ4v) is 0.821. The van der Waals surface area contributed by atoms with Crippen molar-refractivity contribution in [2.45, 2.75) is 13.3 Å². The summed E-state index contributed by atoms with van der Waals surface area (Å²) >= 11 is 0. The molecule has 5 nitrogen and oxygen atoms in total. The molecule has 0 atom stereocenters. The minimum atomic E-state index is -0.176. The molecule has 0 bridgehead atoms. The normalized spacial score (nSPS) is 10.3. The molecule has 6 heteroatoms. The standard InChI is InChI=1S/C3H5N4OP/c1-2-3-4-5-6-7(3)9-8/h2H2,1H3. The average molecular weight is 144 g/mol. The first-order valence-corrected chi connectivity index (χ1v) is 3.26. The van der Waals surface area contributed by atoms with E-state index >= 15 is 0 Å². The first kappa shape index (κ1) is 6.29. The zero-order valence-electron chi connectivity index (χ0n) is 4.85. The van der Waals surface area contributed by atoms with Crippen molar-refractivity contribution in [3.8, 4) is 0 Å². The molecule has 48 valence electrons. The third kappa shape index (κ3) is 1.10. The van der Waals surface area contributed by atoms with Crippen LogP contribution in [-0.2, 0) is 11.0 Å². The van der Waals surface area contributed by atoms with Crippen LogP contribution < -0.4 is 0 Å². The van der Waals surface area contributed by atoms with Gasteiger partial charge in [-0.2, -0.15) is 0 Å². The van der Waals surface area contributed by atoms with Crippen LogP contribution in [0.3, 0.4) is 0 Å². The maximum Gasteiger partial charge on any atom is 0.307 e. The van der Waals surface area contributed by atoms with E-state index in [1.165, 1.54) is 4.45 Å². The van der Waals surface area contributed by atoms with Crippen molar-refractivity contribution in [1.82, 2.24) is 20.0 Å². The van der Waals surface area contributed by atoms with E-state index in [9.17, 15) is 4.57 Å². The van der Waals surface area contributed by atoms with E-state index in [0.29, 0.717) is 12.2 Å². The maximum absolute atomic E-state index is 10.2. The summed E-state index contributed by atoms with van der Waals surface area (Å²) in [7, 11) is -0.176. The van der Waals surface area contributed by atoms with Crippen molar-refractivity contribution >= 4 is 8.61 Å². The first-order valence-electron chi connectivity index (χ1n) is 2.49. The molecule has 1 rings (SSSR count). The Kier molecular flexibility index (Phi) is 1.85. The van der Waals surface area contributed by atoms with Gasteiger partial charge in [0.05, 0.1) is 0 Å². The molecule has 1 aromatic rings. The molecule has 0 saturated carbocycles. The van der Waals surface area contributed by atoms with E-state index in [-0.39, 0.29) is 8.61 Å². The zero-order valence-corrected chi connectivity index (χ0v) is 5.75. The molecule has 1 heterocycles. The lowest BCUT2D eigenvalue weighted by Crippen LogP contribution is -1.90. The molecule has 9 heavy (non-hydrogen) atoms. The number of aromatic nitrogens is 4. The van der Waals surface area contributed by atoms with Crippen molar-refractivity contribution in [3.63, 3.8) is 0 Å². The number of aryl methyl sites for hydroxylation is 1. The van der Waals surface area contributed by atoms with Gasteiger partial charge in [-0.3, -0.25) is 0 Å². The van der Waals surface area contributed by atoms with Crippen LogP contribution in [0.15, 0.2) is 0 Å². The van der Waals surface area contributed by atoms with Gasteiger partial charge in [0.15, 0.2) is 5.82 Å². The summed E-state index contributed by atoms with van der Waals surface area (Å²) in [6.45, 7) is 1.90. The van der Waals surface area contributed by atoms with E-state index in [1.54, 1.807) is 0 Å². The highest BCUT2D eigenvalue weighted by Crippen LogP contribution is 2.00. The van der Waals surface area contributed by atoms with Gasteiger partial charge in [-0.05, 0) is 10.4 Å². The number of nitrogens with zero attached hydrogens (tertiary/aromatic N) is 4. The van der Waals surface area contributed by atoms with Gasteiger partial charge in [-0.15, -0.1) is 9.55 Å². The van der Waals surface area contributed by atoms with Crippen LogP contribution in [0.4, 0.5) is 0 Å². The largest absolute Gasteiger partial charge is 0.307 e. The van der Waals surface area contributed by atoms with Crippen LogP contribution in [0.5, 0.6) is 0 Å². The van der Waals surface area contributed by atoms with Crippen molar-refractivity contribution < 1.29 is 4.57 Å². The Bertz CT molecular complexity index is 209. The van der Waals surface area contributed by atoms with Gasteiger partial charge < -0.3 is 0 Å². The van der Waals surface area contributed by atoms with Crippen molar-refractivity contribution in [2.24, 2.45) is 0 Å². The van der Waals surface area contributed by atoms with Crippen molar-refractivity contribution in [3.05, 3.63) is 5.82 Å². The summed E-state index contributed by atoms with van der Waals surface area (Å²) in [5, 5.41) is 10.4. The molecule has 1 aromatic heterocycles. The van der Waals surface area contributed by atoms with E-state index in [1.807, 2.05) is 6.92 Å². The molecule has 0 aromatic carbocycles. The van der Waals surface area contributed by atoms with Gasteiger partial charge in [-0.1, -0.05) is 6.92 Å². The number of rotatable bonds is 2. The van der Waals surface area contributed by atoms with Crippen molar-refractivity contribution in [2.75, 3.05) is 0 Å². The predicted molar refractivity (Wildman–Crippen MR) is 30.2 cm³/mol. The predicted octanol–water partition coefficient (Wildman–Crippen LogP) is 0.290. The van der Waals surface area contributed by atoms with Crippen LogP contribution in [0.25, 0.3) is 0 Å². The molecule has 0 aliphatic rings. The third-order valence-corrected chi connectivity index (χ3v) is 1.37. The molecular formula is C3H5N4OP. The fraction of sp³-hybridized carbons (Fsp3) is 0.667. The Morgan fingerprint density at radius 2 is 2.56 bits per heavy atom. The number of hydrogen-bond acceptors (Lipinski definition) is 4. The van der Waals surface area contributed by atoms with Crippen LogP contribution in [-0.4, -0.2) is 20.0 Å². The molecule has 0 fully saturated rings. The minimum Gasteiger partial charge on any atom is -0.247 e. The topological polar surface area (TPSA) is 60.7 Å².